The standard InChI is InChI=1S/C25H30N4O3/c1-3-26-25(28-16-21-14-24(32-29-21)19-7-5-4-6-8-19)27-15-20-10-9-18(2)13-23(20)31-22-11-12-30-17-22/h4-10,13-14,22H,3,11-12,15-17H2,1-2H3,(H2,26,27,28). The zero-order valence-corrected chi connectivity index (χ0v) is 18.6. The van der Waals surface area contributed by atoms with E-state index < -0.39 is 0 Å². The molecule has 0 spiro atoms. The number of benzene rings is 2. The van der Waals surface area contributed by atoms with Gasteiger partial charge in [-0.2, -0.15) is 0 Å². The monoisotopic (exact) mass is 434 g/mol. The molecular formula is C25H30N4O3. The van der Waals surface area contributed by atoms with Crippen molar-refractivity contribution in [2.45, 2.75) is 39.5 Å². The van der Waals surface area contributed by atoms with Crippen molar-refractivity contribution in [3.8, 4) is 17.1 Å². The molecule has 1 aromatic heterocycles. The molecule has 2 heterocycles. The number of aliphatic imine (C=N–C) groups is 1. The van der Waals surface area contributed by atoms with Crippen LogP contribution in [-0.2, 0) is 17.8 Å². The van der Waals surface area contributed by atoms with Crippen LogP contribution < -0.4 is 15.4 Å². The summed E-state index contributed by atoms with van der Waals surface area (Å²) >= 11 is 0. The quantitative estimate of drug-likeness (QED) is 0.411. The molecule has 1 unspecified atom stereocenters. The van der Waals surface area contributed by atoms with Crippen molar-refractivity contribution in [2.24, 2.45) is 4.99 Å². The Balaban J connectivity index is 1.41. The average molecular weight is 435 g/mol. The van der Waals surface area contributed by atoms with E-state index in [1.165, 1.54) is 0 Å². The van der Waals surface area contributed by atoms with Crippen molar-refractivity contribution < 1.29 is 14.0 Å². The molecule has 1 saturated heterocycles. The van der Waals surface area contributed by atoms with Gasteiger partial charge in [0, 0.05) is 30.2 Å². The predicted octanol–water partition coefficient (Wildman–Crippen LogP) is 4.07. The van der Waals surface area contributed by atoms with E-state index in [0.29, 0.717) is 25.7 Å². The first-order valence-electron chi connectivity index (χ1n) is 11.1. The lowest BCUT2D eigenvalue weighted by atomic mass is 10.1. The third-order valence-corrected chi connectivity index (χ3v) is 5.21. The predicted molar refractivity (Wildman–Crippen MR) is 125 cm³/mol. The molecular weight excluding hydrogens is 404 g/mol. The topological polar surface area (TPSA) is 80.9 Å². The van der Waals surface area contributed by atoms with Gasteiger partial charge in [0.25, 0.3) is 0 Å². The summed E-state index contributed by atoms with van der Waals surface area (Å²) in [4.78, 5) is 4.75. The molecule has 4 rings (SSSR count). The highest BCUT2D eigenvalue weighted by atomic mass is 16.5. The fourth-order valence-electron chi connectivity index (χ4n) is 3.50. The molecule has 0 radical (unpaired) electrons. The third kappa shape index (κ3) is 5.88. The highest BCUT2D eigenvalue weighted by Crippen LogP contribution is 2.24. The van der Waals surface area contributed by atoms with E-state index in [1.54, 1.807) is 0 Å². The summed E-state index contributed by atoms with van der Waals surface area (Å²) in [6.45, 7) is 7.29. The molecule has 1 aliphatic rings. The first-order chi connectivity index (χ1) is 15.7. The number of hydrogen-bond donors (Lipinski definition) is 2. The van der Waals surface area contributed by atoms with Crippen LogP contribution in [0.25, 0.3) is 11.3 Å². The number of rotatable bonds is 8. The van der Waals surface area contributed by atoms with Crippen LogP contribution in [0.3, 0.4) is 0 Å². The molecule has 32 heavy (non-hydrogen) atoms. The number of ether oxygens (including phenoxy) is 2. The van der Waals surface area contributed by atoms with Crippen molar-refractivity contribution >= 4 is 5.96 Å². The zero-order chi connectivity index (χ0) is 22.2. The third-order valence-electron chi connectivity index (χ3n) is 5.21. The summed E-state index contributed by atoms with van der Waals surface area (Å²) in [6.07, 6.45) is 1.03. The van der Waals surface area contributed by atoms with Gasteiger partial charge in [0.15, 0.2) is 11.7 Å². The van der Waals surface area contributed by atoms with Gasteiger partial charge in [-0.05, 0) is 25.5 Å². The van der Waals surface area contributed by atoms with Gasteiger partial charge in [0.1, 0.15) is 17.5 Å². The minimum Gasteiger partial charge on any atom is -0.488 e. The van der Waals surface area contributed by atoms with Gasteiger partial charge >= 0.3 is 0 Å². The fraction of sp³-hybridized carbons (Fsp3) is 0.360. The second kappa shape index (κ2) is 10.8. The Morgan fingerprint density at radius 1 is 1.16 bits per heavy atom. The van der Waals surface area contributed by atoms with Gasteiger partial charge in [-0.3, -0.25) is 0 Å². The smallest absolute Gasteiger partial charge is 0.191 e. The molecule has 3 aromatic rings. The van der Waals surface area contributed by atoms with Crippen molar-refractivity contribution in [1.82, 2.24) is 15.8 Å². The highest BCUT2D eigenvalue weighted by molar-refractivity contribution is 5.79. The zero-order valence-electron chi connectivity index (χ0n) is 18.6. The van der Waals surface area contributed by atoms with Gasteiger partial charge in [-0.15, -0.1) is 0 Å². The molecule has 168 valence electrons. The van der Waals surface area contributed by atoms with E-state index in [-0.39, 0.29) is 6.10 Å². The molecule has 0 aliphatic carbocycles. The van der Waals surface area contributed by atoms with E-state index in [9.17, 15) is 0 Å². The van der Waals surface area contributed by atoms with Crippen LogP contribution in [0.1, 0.15) is 30.2 Å². The Kier molecular flexibility index (Phi) is 7.40. The number of guanidine groups is 1. The maximum absolute atomic E-state index is 6.20. The Morgan fingerprint density at radius 2 is 2.03 bits per heavy atom. The highest BCUT2D eigenvalue weighted by Gasteiger charge is 2.18. The summed E-state index contributed by atoms with van der Waals surface area (Å²) in [5, 5.41) is 10.8. The van der Waals surface area contributed by atoms with Gasteiger partial charge in [-0.1, -0.05) is 47.6 Å². The number of aromatic nitrogens is 1. The molecule has 0 bridgehead atoms. The van der Waals surface area contributed by atoms with Crippen LogP contribution in [-0.4, -0.2) is 37.0 Å². The van der Waals surface area contributed by atoms with Gasteiger partial charge in [0.2, 0.25) is 0 Å². The summed E-state index contributed by atoms with van der Waals surface area (Å²) in [6, 6.07) is 18.1. The minimum absolute atomic E-state index is 0.108. The van der Waals surface area contributed by atoms with E-state index in [1.807, 2.05) is 43.3 Å². The molecule has 7 nitrogen and oxygen atoms in total. The normalized spacial score (nSPS) is 16.2. The summed E-state index contributed by atoms with van der Waals surface area (Å²) in [5.41, 5.74) is 4.03. The van der Waals surface area contributed by atoms with Crippen LogP contribution in [0.15, 0.2) is 64.1 Å². The van der Waals surface area contributed by atoms with Crippen LogP contribution in [0.5, 0.6) is 5.75 Å². The second-order valence-electron chi connectivity index (χ2n) is 7.81. The molecule has 1 aliphatic heterocycles. The van der Waals surface area contributed by atoms with E-state index >= 15 is 0 Å². The molecule has 2 N–H and O–H groups in total. The Morgan fingerprint density at radius 3 is 2.81 bits per heavy atom. The number of aryl methyl sites for hydroxylation is 1. The number of nitrogens with zero attached hydrogens (tertiary/aromatic N) is 2. The minimum atomic E-state index is 0.108. The SMILES string of the molecule is CCNC(=NCc1ccc(C)cc1OC1CCOC1)NCc1cc(-c2ccccc2)on1. The molecule has 1 atom stereocenters. The fourth-order valence-corrected chi connectivity index (χ4v) is 3.50. The Hall–Kier alpha value is -3.32. The van der Waals surface area contributed by atoms with Gasteiger partial charge in [0.05, 0.1) is 26.3 Å². The molecule has 7 heteroatoms. The van der Waals surface area contributed by atoms with Crippen molar-refractivity contribution in [2.75, 3.05) is 19.8 Å². The molecule has 2 aromatic carbocycles. The molecule has 1 fully saturated rings. The summed E-state index contributed by atoms with van der Waals surface area (Å²) in [7, 11) is 0. The first kappa shape index (κ1) is 21.9. The number of nitrogens with one attached hydrogen (secondary N) is 2. The number of hydrogen-bond acceptors (Lipinski definition) is 5. The summed E-state index contributed by atoms with van der Waals surface area (Å²) < 4.78 is 17.1. The molecule has 0 amide bonds. The first-order valence-corrected chi connectivity index (χ1v) is 11.1. The lowest BCUT2D eigenvalue weighted by molar-refractivity contribution is 0.140. The Labute approximate surface area is 188 Å². The van der Waals surface area contributed by atoms with Crippen LogP contribution in [0.2, 0.25) is 0 Å². The maximum atomic E-state index is 6.20. The van der Waals surface area contributed by atoms with Crippen molar-refractivity contribution in [3.63, 3.8) is 0 Å². The van der Waals surface area contributed by atoms with E-state index in [4.69, 9.17) is 19.0 Å². The van der Waals surface area contributed by atoms with Crippen LogP contribution in [0, 0.1) is 6.92 Å². The van der Waals surface area contributed by atoms with E-state index in [0.717, 1.165) is 53.5 Å². The van der Waals surface area contributed by atoms with Gasteiger partial charge in [-0.25, -0.2) is 4.99 Å². The lowest BCUT2D eigenvalue weighted by Crippen LogP contribution is -2.36. The molecule has 0 saturated carbocycles. The summed E-state index contributed by atoms with van der Waals surface area (Å²) in [5.74, 6) is 2.35. The van der Waals surface area contributed by atoms with E-state index in [2.05, 4.69) is 40.9 Å². The Bertz CT molecular complexity index is 1030. The van der Waals surface area contributed by atoms with Crippen LogP contribution >= 0.6 is 0 Å². The van der Waals surface area contributed by atoms with Crippen molar-refractivity contribution in [1.29, 1.82) is 0 Å². The largest absolute Gasteiger partial charge is 0.488 e. The van der Waals surface area contributed by atoms with Gasteiger partial charge < -0.3 is 24.6 Å². The van der Waals surface area contributed by atoms with Crippen molar-refractivity contribution in [3.05, 3.63) is 71.4 Å². The van der Waals surface area contributed by atoms with Crippen LogP contribution in [0.4, 0.5) is 0 Å². The second-order valence-corrected chi connectivity index (χ2v) is 7.81. The average Bonchev–Trinajstić information content (AvgIpc) is 3.50. The lowest BCUT2D eigenvalue weighted by Gasteiger charge is -2.16. The maximum Gasteiger partial charge on any atom is 0.191 e.